The Morgan fingerprint density at radius 1 is 0.705 bits per heavy atom. The Morgan fingerprint density at radius 3 is 1.67 bits per heavy atom. The molecule has 0 aliphatic heterocycles. The number of nitrogens with two attached hydrogens (primary N) is 2. The predicted octanol–water partition coefficient (Wildman–Crippen LogP) is -5.70. The molecule has 0 aliphatic rings. The number of thioether (sulfide) groups is 1. The standard InChI is InChI=1S/C35H57N11O14S/c1-15(2)8-20(41-30(54)21(10-25(37)49)42-33(57)24(13-47)45-28(52)16(3)36)32(56)46-27(17(4)48)34(58)43-22(11-26(50)51)31(55)40-19(6-7-61-5)29(53)44-23(35(59)60)9-18-12-38-14-39-18/h12,14-17,19-24,27,47-48H,6-11,13,36H2,1-5H3,(H2,37,49)(H,38,39)(H,40,55)(H,41,54)(H,42,57)(H,43,58)(H,44,53)(H,45,52)(H,46,56)(H,50,51)(H,59,60)/t16-,17+,19-,20-,21-,22-,23-,24-,27-/m0/s1. The Labute approximate surface area is 354 Å². The molecule has 0 fully saturated rings. The number of carboxylic acids is 2. The van der Waals surface area contributed by atoms with Gasteiger partial charge in [-0.15, -0.1) is 0 Å². The first kappa shape index (κ1) is 53.2. The van der Waals surface area contributed by atoms with E-state index in [1.54, 1.807) is 20.1 Å². The third-order valence-corrected chi connectivity index (χ3v) is 9.16. The van der Waals surface area contributed by atoms with Gasteiger partial charge in [0.1, 0.15) is 42.3 Å². The minimum atomic E-state index is -1.90. The van der Waals surface area contributed by atoms with Crippen molar-refractivity contribution >= 4 is 71.0 Å². The first-order chi connectivity index (χ1) is 28.5. The van der Waals surface area contributed by atoms with Crippen LogP contribution in [0.25, 0.3) is 0 Å². The SMILES string of the molecule is CSCC[C@H](NC(=O)[C@H](CC(=O)O)NC(=O)[C@@H](NC(=O)[C@H](CC(C)C)NC(=O)[C@H](CC(N)=O)NC(=O)[C@H](CO)NC(=O)[C@H](C)N)[C@@H](C)O)C(=O)N[C@@H](Cc1cnc[nH]1)C(=O)O. The molecule has 26 heteroatoms. The van der Waals surface area contributed by atoms with E-state index in [-0.39, 0.29) is 30.9 Å². The zero-order chi connectivity index (χ0) is 46.6. The van der Waals surface area contributed by atoms with E-state index in [0.717, 1.165) is 6.92 Å². The molecular weight excluding hydrogens is 831 g/mol. The third kappa shape index (κ3) is 19.4. The molecule has 61 heavy (non-hydrogen) atoms. The van der Waals surface area contributed by atoms with E-state index in [9.17, 15) is 68.4 Å². The molecule has 0 bridgehead atoms. The molecule has 342 valence electrons. The minimum Gasteiger partial charge on any atom is -0.481 e. The molecule has 16 N–H and O–H groups in total. The van der Waals surface area contributed by atoms with Gasteiger partial charge in [0.05, 0.1) is 37.9 Å². The summed E-state index contributed by atoms with van der Waals surface area (Å²) >= 11 is 1.28. The number of aliphatic hydroxyl groups excluding tert-OH is 2. The largest absolute Gasteiger partial charge is 0.481 e. The van der Waals surface area contributed by atoms with Crippen molar-refractivity contribution in [2.75, 3.05) is 18.6 Å². The Balaban J connectivity index is 3.29. The molecule has 0 spiro atoms. The van der Waals surface area contributed by atoms with Crippen LogP contribution in [0.2, 0.25) is 0 Å². The van der Waals surface area contributed by atoms with Crippen LogP contribution in [0.3, 0.4) is 0 Å². The van der Waals surface area contributed by atoms with Crippen LogP contribution < -0.4 is 48.7 Å². The first-order valence-corrected chi connectivity index (χ1v) is 20.3. The number of primary amides is 1. The number of aliphatic hydroxyl groups is 2. The summed E-state index contributed by atoms with van der Waals surface area (Å²) in [6.45, 7) is 4.77. The maximum atomic E-state index is 13.6. The summed E-state index contributed by atoms with van der Waals surface area (Å²) in [5.41, 5.74) is 11.1. The van der Waals surface area contributed by atoms with Gasteiger partial charge in [-0.1, -0.05) is 13.8 Å². The van der Waals surface area contributed by atoms with Crippen LogP contribution in [0.5, 0.6) is 0 Å². The molecule has 0 saturated heterocycles. The van der Waals surface area contributed by atoms with Gasteiger partial charge in [0.25, 0.3) is 0 Å². The number of carbonyl (C=O) groups is 10. The molecule has 0 aliphatic carbocycles. The zero-order valence-corrected chi connectivity index (χ0v) is 35.1. The second kappa shape index (κ2) is 26.4. The fraction of sp³-hybridized carbons (Fsp3) is 0.629. The Hall–Kier alpha value is -5.86. The van der Waals surface area contributed by atoms with Crippen LogP contribution in [0.15, 0.2) is 12.5 Å². The van der Waals surface area contributed by atoms with E-state index in [1.165, 1.54) is 31.2 Å². The number of nitrogens with one attached hydrogen (secondary N) is 8. The highest BCUT2D eigenvalue weighted by Crippen LogP contribution is 2.10. The van der Waals surface area contributed by atoms with Crippen molar-refractivity contribution < 1.29 is 68.4 Å². The molecule has 0 unspecified atom stereocenters. The van der Waals surface area contributed by atoms with E-state index >= 15 is 0 Å². The molecule has 0 radical (unpaired) electrons. The Morgan fingerprint density at radius 2 is 1.20 bits per heavy atom. The normalized spacial score (nSPS) is 15.5. The van der Waals surface area contributed by atoms with Gasteiger partial charge >= 0.3 is 11.9 Å². The topological polar surface area (TPSA) is 417 Å². The summed E-state index contributed by atoms with van der Waals surface area (Å²) in [5, 5.41) is 55.2. The van der Waals surface area contributed by atoms with Crippen molar-refractivity contribution in [2.45, 2.75) is 114 Å². The van der Waals surface area contributed by atoms with Gasteiger partial charge in [-0.05, 0) is 44.6 Å². The van der Waals surface area contributed by atoms with Crippen molar-refractivity contribution in [1.29, 1.82) is 0 Å². The maximum Gasteiger partial charge on any atom is 0.326 e. The van der Waals surface area contributed by atoms with Gasteiger partial charge in [0, 0.05) is 18.3 Å². The average Bonchev–Trinajstić information content (AvgIpc) is 3.68. The highest BCUT2D eigenvalue weighted by Gasteiger charge is 2.36. The first-order valence-electron chi connectivity index (χ1n) is 18.9. The second-order valence-electron chi connectivity index (χ2n) is 14.4. The minimum absolute atomic E-state index is 0.0473. The van der Waals surface area contributed by atoms with Crippen LogP contribution in [0, 0.1) is 5.92 Å². The number of aromatic amines is 1. The maximum absolute atomic E-state index is 13.6. The molecule has 1 aromatic heterocycles. The quantitative estimate of drug-likeness (QED) is 0.0373. The second-order valence-corrected chi connectivity index (χ2v) is 15.3. The number of amides is 8. The van der Waals surface area contributed by atoms with Crippen LogP contribution >= 0.6 is 11.8 Å². The molecule has 25 nitrogen and oxygen atoms in total. The van der Waals surface area contributed by atoms with E-state index in [1.807, 2.05) is 0 Å². The zero-order valence-electron chi connectivity index (χ0n) is 34.3. The van der Waals surface area contributed by atoms with Crippen molar-refractivity contribution in [2.24, 2.45) is 17.4 Å². The summed E-state index contributed by atoms with van der Waals surface area (Å²) in [6.07, 6.45) is 0.441. The van der Waals surface area contributed by atoms with Gasteiger partial charge < -0.3 is 74.1 Å². The molecule has 0 saturated carbocycles. The number of carboxylic acid groups (broad SMARTS) is 2. The Bertz CT molecular complexity index is 1700. The number of H-pyrrole nitrogens is 1. The lowest BCUT2D eigenvalue weighted by Gasteiger charge is -2.28. The van der Waals surface area contributed by atoms with Gasteiger partial charge in [-0.25, -0.2) is 9.78 Å². The highest BCUT2D eigenvalue weighted by atomic mass is 32.2. The van der Waals surface area contributed by atoms with Crippen LogP contribution in [0.4, 0.5) is 0 Å². The molecule has 0 aromatic carbocycles. The van der Waals surface area contributed by atoms with Gasteiger partial charge in [-0.2, -0.15) is 11.8 Å². The van der Waals surface area contributed by atoms with E-state index in [2.05, 4.69) is 47.2 Å². The van der Waals surface area contributed by atoms with Crippen LogP contribution in [-0.4, -0.2) is 163 Å². The highest BCUT2D eigenvalue weighted by molar-refractivity contribution is 7.98. The summed E-state index contributed by atoms with van der Waals surface area (Å²) in [5.74, 6) is -11.6. The molecule has 1 aromatic rings. The molecule has 1 heterocycles. The number of rotatable bonds is 28. The fourth-order valence-corrected chi connectivity index (χ4v) is 5.80. The average molecular weight is 888 g/mol. The van der Waals surface area contributed by atoms with Gasteiger partial charge in [0.15, 0.2) is 0 Å². The summed E-state index contributed by atoms with van der Waals surface area (Å²) in [7, 11) is 0. The summed E-state index contributed by atoms with van der Waals surface area (Å²) in [4.78, 5) is 134. The number of nitrogens with zero attached hydrogens (tertiary/aromatic N) is 1. The van der Waals surface area contributed by atoms with Crippen molar-refractivity contribution in [3.8, 4) is 0 Å². The fourth-order valence-electron chi connectivity index (χ4n) is 5.33. The van der Waals surface area contributed by atoms with E-state index < -0.39 is 133 Å². The number of hydrogen-bond donors (Lipinski definition) is 14. The lowest BCUT2D eigenvalue weighted by molar-refractivity contribution is -0.143. The van der Waals surface area contributed by atoms with Gasteiger partial charge in [-0.3, -0.25) is 43.2 Å². The molecule has 9 atom stereocenters. The number of carbonyl (C=O) groups excluding carboxylic acids is 8. The number of aliphatic carboxylic acids is 2. The van der Waals surface area contributed by atoms with Crippen LogP contribution in [-0.2, 0) is 54.4 Å². The van der Waals surface area contributed by atoms with E-state index in [0.29, 0.717) is 5.69 Å². The summed E-state index contributed by atoms with van der Waals surface area (Å²) in [6, 6.07) is -12.6. The molecule has 1 rings (SSSR count). The Kier molecular flexibility index (Phi) is 23.0. The summed E-state index contributed by atoms with van der Waals surface area (Å²) < 4.78 is 0. The lowest BCUT2D eigenvalue weighted by Crippen LogP contribution is -2.62. The monoisotopic (exact) mass is 887 g/mol. The lowest BCUT2D eigenvalue weighted by atomic mass is 10.0. The van der Waals surface area contributed by atoms with E-state index in [4.69, 9.17) is 11.5 Å². The van der Waals surface area contributed by atoms with Crippen LogP contribution in [0.1, 0.15) is 59.1 Å². The van der Waals surface area contributed by atoms with Crippen molar-refractivity contribution in [3.05, 3.63) is 18.2 Å². The number of hydrogen-bond acceptors (Lipinski definition) is 15. The van der Waals surface area contributed by atoms with Crippen molar-refractivity contribution in [1.82, 2.24) is 47.2 Å². The van der Waals surface area contributed by atoms with Crippen molar-refractivity contribution in [3.63, 3.8) is 0 Å². The number of aromatic nitrogens is 2. The smallest absolute Gasteiger partial charge is 0.326 e. The molecule has 8 amide bonds. The van der Waals surface area contributed by atoms with Gasteiger partial charge in [0.2, 0.25) is 47.3 Å². The molecular formula is C35H57N11O14S. The predicted molar refractivity (Wildman–Crippen MR) is 214 cm³/mol. The third-order valence-electron chi connectivity index (χ3n) is 8.52. The number of imidazole rings is 1.